The van der Waals surface area contributed by atoms with Crippen molar-refractivity contribution in [2.24, 2.45) is 0 Å². The summed E-state index contributed by atoms with van der Waals surface area (Å²) in [4.78, 5) is 20.7. The highest BCUT2D eigenvalue weighted by atomic mass is 16.4. The zero-order valence-corrected chi connectivity index (χ0v) is 6.49. The van der Waals surface area contributed by atoms with Gasteiger partial charge in [-0.05, 0) is 12.8 Å². The fraction of sp³-hybridized carbons (Fsp3) is 0.714. The SMILES string of the molecule is O=C(O)CC(NC1CC1)C(=O)O. The molecule has 12 heavy (non-hydrogen) atoms. The van der Waals surface area contributed by atoms with Gasteiger partial charge in [-0.2, -0.15) is 0 Å². The molecule has 3 N–H and O–H groups in total. The highest BCUT2D eigenvalue weighted by Gasteiger charge is 2.29. The summed E-state index contributed by atoms with van der Waals surface area (Å²) in [7, 11) is 0. The molecule has 1 unspecified atom stereocenters. The van der Waals surface area contributed by atoms with Gasteiger partial charge < -0.3 is 15.5 Å². The van der Waals surface area contributed by atoms with Crippen molar-refractivity contribution >= 4 is 11.9 Å². The first kappa shape index (κ1) is 8.99. The summed E-state index contributed by atoms with van der Waals surface area (Å²) >= 11 is 0. The maximum atomic E-state index is 10.5. The zero-order valence-electron chi connectivity index (χ0n) is 6.49. The molecule has 0 aromatic heterocycles. The number of hydrogen-bond acceptors (Lipinski definition) is 3. The second kappa shape index (κ2) is 3.53. The molecule has 5 heteroatoms. The average molecular weight is 173 g/mol. The molecule has 1 atom stereocenters. The van der Waals surface area contributed by atoms with E-state index in [1.807, 2.05) is 0 Å². The first-order valence-electron chi connectivity index (χ1n) is 3.80. The summed E-state index contributed by atoms with van der Waals surface area (Å²) in [5.74, 6) is -2.18. The number of aliphatic carboxylic acids is 2. The number of carbonyl (C=O) groups is 2. The van der Waals surface area contributed by atoms with Gasteiger partial charge in [0.05, 0.1) is 6.42 Å². The van der Waals surface area contributed by atoms with Gasteiger partial charge in [-0.15, -0.1) is 0 Å². The van der Waals surface area contributed by atoms with E-state index in [4.69, 9.17) is 10.2 Å². The van der Waals surface area contributed by atoms with Gasteiger partial charge in [0.1, 0.15) is 6.04 Å². The topological polar surface area (TPSA) is 86.6 Å². The molecule has 0 radical (unpaired) electrons. The number of rotatable bonds is 5. The second-order valence-electron chi connectivity index (χ2n) is 2.93. The van der Waals surface area contributed by atoms with Crippen LogP contribution >= 0.6 is 0 Å². The molecule has 0 bridgehead atoms. The minimum Gasteiger partial charge on any atom is -0.481 e. The lowest BCUT2D eigenvalue weighted by Gasteiger charge is -2.10. The van der Waals surface area contributed by atoms with Crippen molar-refractivity contribution in [1.29, 1.82) is 0 Å². The van der Waals surface area contributed by atoms with Crippen LogP contribution in [0.3, 0.4) is 0 Å². The predicted molar refractivity (Wildman–Crippen MR) is 39.8 cm³/mol. The molecule has 1 fully saturated rings. The minimum absolute atomic E-state index is 0.213. The van der Waals surface area contributed by atoms with Gasteiger partial charge in [-0.25, -0.2) is 0 Å². The van der Waals surface area contributed by atoms with Gasteiger partial charge in [-0.3, -0.25) is 9.59 Å². The van der Waals surface area contributed by atoms with Crippen LogP contribution in [-0.4, -0.2) is 34.2 Å². The standard InChI is InChI=1S/C7H11NO4/c9-6(10)3-5(7(11)12)8-4-1-2-4/h4-5,8H,1-3H2,(H,9,10)(H,11,12). The number of carboxylic acids is 2. The lowest BCUT2D eigenvalue weighted by atomic mass is 10.2. The fourth-order valence-electron chi connectivity index (χ4n) is 0.927. The van der Waals surface area contributed by atoms with Gasteiger partial charge in [0.2, 0.25) is 0 Å². The summed E-state index contributed by atoms with van der Waals surface area (Å²) in [6, 6.07) is -0.722. The van der Waals surface area contributed by atoms with E-state index in [1.54, 1.807) is 0 Å². The van der Waals surface area contributed by atoms with E-state index in [0.29, 0.717) is 0 Å². The molecule has 0 saturated heterocycles. The molecular formula is C7H11NO4. The lowest BCUT2D eigenvalue weighted by Crippen LogP contribution is -2.39. The Morgan fingerprint density at radius 3 is 2.33 bits per heavy atom. The Kier molecular flexibility index (Phi) is 2.65. The lowest BCUT2D eigenvalue weighted by molar-refractivity contribution is -0.146. The maximum Gasteiger partial charge on any atom is 0.321 e. The average Bonchev–Trinajstić information content (AvgIpc) is 2.68. The van der Waals surface area contributed by atoms with Crippen LogP contribution in [0.15, 0.2) is 0 Å². The van der Waals surface area contributed by atoms with Crippen molar-refractivity contribution in [1.82, 2.24) is 5.32 Å². The Hall–Kier alpha value is -1.10. The van der Waals surface area contributed by atoms with Crippen molar-refractivity contribution in [3.05, 3.63) is 0 Å². The zero-order chi connectivity index (χ0) is 9.14. The maximum absolute atomic E-state index is 10.5. The predicted octanol–water partition coefficient (Wildman–Crippen LogP) is -0.334. The smallest absolute Gasteiger partial charge is 0.321 e. The van der Waals surface area contributed by atoms with Crippen molar-refractivity contribution in [2.75, 3.05) is 0 Å². The Morgan fingerprint density at radius 2 is 2.00 bits per heavy atom. The van der Waals surface area contributed by atoms with Crippen molar-refractivity contribution in [2.45, 2.75) is 31.3 Å². The van der Waals surface area contributed by atoms with Crippen molar-refractivity contribution < 1.29 is 19.8 Å². The molecule has 68 valence electrons. The molecule has 1 aliphatic carbocycles. The van der Waals surface area contributed by atoms with E-state index in [-0.39, 0.29) is 12.5 Å². The summed E-state index contributed by atoms with van der Waals surface area (Å²) in [5, 5.41) is 19.7. The van der Waals surface area contributed by atoms with Gasteiger partial charge in [0, 0.05) is 6.04 Å². The fourth-order valence-corrected chi connectivity index (χ4v) is 0.927. The Morgan fingerprint density at radius 1 is 1.42 bits per heavy atom. The monoisotopic (exact) mass is 173 g/mol. The molecular weight excluding hydrogens is 162 g/mol. The molecule has 1 rings (SSSR count). The molecule has 5 nitrogen and oxygen atoms in total. The van der Waals surface area contributed by atoms with Crippen molar-refractivity contribution in [3.8, 4) is 0 Å². The van der Waals surface area contributed by atoms with Crippen LogP contribution in [0.4, 0.5) is 0 Å². The van der Waals surface area contributed by atoms with Crippen LogP contribution in [0, 0.1) is 0 Å². The van der Waals surface area contributed by atoms with Gasteiger partial charge in [0.15, 0.2) is 0 Å². The van der Waals surface area contributed by atoms with Crippen molar-refractivity contribution in [3.63, 3.8) is 0 Å². The third-order valence-corrected chi connectivity index (χ3v) is 1.69. The minimum atomic E-state index is -1.09. The first-order chi connectivity index (χ1) is 5.59. The molecule has 0 heterocycles. The van der Waals surface area contributed by atoms with E-state index in [0.717, 1.165) is 12.8 Å². The second-order valence-corrected chi connectivity index (χ2v) is 2.93. The summed E-state index contributed by atoms with van der Waals surface area (Å²) in [6.07, 6.45) is 1.54. The quantitative estimate of drug-likeness (QED) is 0.529. The normalized spacial score (nSPS) is 18.7. The van der Waals surface area contributed by atoms with E-state index >= 15 is 0 Å². The Bertz CT molecular complexity index is 200. The summed E-state index contributed by atoms with van der Waals surface area (Å²) < 4.78 is 0. The van der Waals surface area contributed by atoms with Crippen LogP contribution in [0.2, 0.25) is 0 Å². The summed E-state index contributed by atoms with van der Waals surface area (Å²) in [6.45, 7) is 0. The van der Waals surface area contributed by atoms with Gasteiger partial charge in [0.25, 0.3) is 0 Å². The van der Waals surface area contributed by atoms with Gasteiger partial charge >= 0.3 is 11.9 Å². The van der Waals surface area contributed by atoms with Crippen LogP contribution in [0.5, 0.6) is 0 Å². The number of carboxylic acid groups (broad SMARTS) is 2. The van der Waals surface area contributed by atoms with Crippen LogP contribution < -0.4 is 5.32 Å². The van der Waals surface area contributed by atoms with E-state index in [1.165, 1.54) is 0 Å². The summed E-state index contributed by atoms with van der Waals surface area (Å²) in [5.41, 5.74) is 0. The van der Waals surface area contributed by atoms with Crippen LogP contribution in [-0.2, 0) is 9.59 Å². The van der Waals surface area contributed by atoms with E-state index in [9.17, 15) is 9.59 Å². The number of hydrogen-bond donors (Lipinski definition) is 3. The molecule has 0 amide bonds. The van der Waals surface area contributed by atoms with Crippen LogP contribution in [0.25, 0.3) is 0 Å². The molecule has 1 aliphatic rings. The molecule has 0 aromatic rings. The first-order valence-corrected chi connectivity index (χ1v) is 3.80. The van der Waals surface area contributed by atoms with Crippen LogP contribution in [0.1, 0.15) is 19.3 Å². The third kappa shape index (κ3) is 2.87. The third-order valence-electron chi connectivity index (χ3n) is 1.69. The molecule has 0 aromatic carbocycles. The largest absolute Gasteiger partial charge is 0.481 e. The van der Waals surface area contributed by atoms with E-state index in [2.05, 4.69) is 5.32 Å². The highest BCUT2D eigenvalue weighted by molar-refractivity contribution is 5.80. The van der Waals surface area contributed by atoms with Gasteiger partial charge in [-0.1, -0.05) is 0 Å². The number of nitrogens with one attached hydrogen (secondary N) is 1. The highest BCUT2D eigenvalue weighted by Crippen LogP contribution is 2.19. The molecule has 0 spiro atoms. The Balaban J connectivity index is 2.36. The van der Waals surface area contributed by atoms with E-state index < -0.39 is 18.0 Å². The molecule has 1 saturated carbocycles. The Labute approximate surface area is 69.4 Å². The molecule has 0 aliphatic heterocycles.